The van der Waals surface area contributed by atoms with Gasteiger partial charge >= 0.3 is 5.97 Å². The number of aliphatic imine (C=N–C) groups is 1. The molecule has 1 atom stereocenters. The number of aryl methyl sites for hydroxylation is 1. The van der Waals surface area contributed by atoms with Crippen molar-refractivity contribution in [2.24, 2.45) is 4.99 Å². The minimum Gasteiger partial charge on any atom is -0.465 e. The number of morpholine rings is 1. The van der Waals surface area contributed by atoms with Crippen molar-refractivity contribution in [1.82, 2.24) is 4.90 Å². The quantitative estimate of drug-likeness (QED) is 0.736. The van der Waals surface area contributed by atoms with Crippen LogP contribution in [0.15, 0.2) is 4.99 Å². The molecule has 10 heteroatoms. The van der Waals surface area contributed by atoms with Gasteiger partial charge in [0.25, 0.3) is 5.91 Å². The summed E-state index contributed by atoms with van der Waals surface area (Å²) < 4.78 is 10.2. The van der Waals surface area contributed by atoms with Crippen molar-refractivity contribution >= 4 is 51.1 Å². The molecule has 1 aromatic rings. The summed E-state index contributed by atoms with van der Waals surface area (Å²) in [4.78, 5) is 44.3. The topological polar surface area (TPSA) is 97.3 Å². The summed E-state index contributed by atoms with van der Waals surface area (Å²) in [6, 6.07) is 0. The maximum absolute atomic E-state index is 12.6. The molecule has 2 amide bonds. The van der Waals surface area contributed by atoms with E-state index in [9.17, 15) is 14.4 Å². The number of thioether (sulfide) groups is 1. The van der Waals surface area contributed by atoms with Gasteiger partial charge in [0.05, 0.1) is 25.9 Å². The number of hydrogen-bond acceptors (Lipinski definition) is 8. The first-order valence-electron chi connectivity index (χ1n) is 9.21. The summed E-state index contributed by atoms with van der Waals surface area (Å²) in [7, 11) is 1.34. The van der Waals surface area contributed by atoms with Crippen LogP contribution in [-0.4, -0.2) is 66.5 Å². The summed E-state index contributed by atoms with van der Waals surface area (Å²) in [5, 5.41) is 3.47. The number of fused-ring (bicyclic) bond motifs is 1. The monoisotopic (exact) mass is 423 g/mol. The van der Waals surface area contributed by atoms with E-state index in [0.29, 0.717) is 42.0 Å². The molecule has 150 valence electrons. The standard InChI is InChI=1S/C18H21N3O5S2/c1-25-17(24)14-10-3-2-4-11(10)27-16(14)19-13(22)9-12-15(23)20-18(28-12)21-5-7-26-8-6-21/h12H,2-9H2,1H3,(H,19,22). The van der Waals surface area contributed by atoms with E-state index in [1.807, 2.05) is 4.90 Å². The third kappa shape index (κ3) is 3.81. The average Bonchev–Trinajstić information content (AvgIpc) is 3.37. The molecule has 1 N–H and O–H groups in total. The van der Waals surface area contributed by atoms with E-state index in [1.165, 1.54) is 30.2 Å². The van der Waals surface area contributed by atoms with E-state index in [4.69, 9.17) is 9.47 Å². The van der Waals surface area contributed by atoms with Gasteiger partial charge in [0.2, 0.25) is 5.91 Å². The van der Waals surface area contributed by atoms with Crippen LogP contribution in [0.2, 0.25) is 0 Å². The molecular weight excluding hydrogens is 402 g/mol. The van der Waals surface area contributed by atoms with Gasteiger partial charge in [0.15, 0.2) is 5.17 Å². The van der Waals surface area contributed by atoms with Crippen molar-refractivity contribution in [3.63, 3.8) is 0 Å². The fourth-order valence-electron chi connectivity index (χ4n) is 3.56. The Morgan fingerprint density at radius 1 is 1.32 bits per heavy atom. The predicted molar refractivity (Wildman–Crippen MR) is 107 cm³/mol. The van der Waals surface area contributed by atoms with Gasteiger partial charge in [-0.05, 0) is 24.8 Å². The Labute approximate surface area is 170 Å². The molecule has 4 rings (SSSR count). The Morgan fingerprint density at radius 2 is 2.11 bits per heavy atom. The molecule has 2 aliphatic heterocycles. The third-order valence-corrected chi connectivity index (χ3v) is 7.37. The van der Waals surface area contributed by atoms with Gasteiger partial charge in [0, 0.05) is 24.4 Å². The molecule has 8 nitrogen and oxygen atoms in total. The number of nitrogens with zero attached hydrogens (tertiary/aromatic N) is 2. The summed E-state index contributed by atoms with van der Waals surface area (Å²) in [5.41, 5.74) is 1.44. The lowest BCUT2D eigenvalue weighted by molar-refractivity contribution is -0.121. The Hall–Kier alpha value is -1.91. The van der Waals surface area contributed by atoms with Crippen molar-refractivity contribution in [2.45, 2.75) is 30.9 Å². The fraction of sp³-hybridized carbons (Fsp3) is 0.556. The smallest absolute Gasteiger partial charge is 0.341 e. The Balaban J connectivity index is 1.40. The van der Waals surface area contributed by atoms with Gasteiger partial charge in [-0.15, -0.1) is 11.3 Å². The van der Waals surface area contributed by atoms with Gasteiger partial charge in [-0.2, -0.15) is 4.99 Å². The van der Waals surface area contributed by atoms with Crippen molar-refractivity contribution in [3.8, 4) is 0 Å². The number of amides is 2. The number of carbonyl (C=O) groups excluding carboxylic acids is 3. The number of thiophene rings is 1. The number of anilines is 1. The van der Waals surface area contributed by atoms with Crippen molar-refractivity contribution in [3.05, 3.63) is 16.0 Å². The number of esters is 1. The van der Waals surface area contributed by atoms with E-state index in [-0.39, 0.29) is 18.2 Å². The largest absolute Gasteiger partial charge is 0.465 e. The molecule has 0 saturated carbocycles. The molecule has 3 heterocycles. The molecule has 3 aliphatic rings. The first kappa shape index (κ1) is 19.4. The van der Waals surface area contributed by atoms with Gasteiger partial charge in [-0.1, -0.05) is 11.8 Å². The molecule has 0 bridgehead atoms. The van der Waals surface area contributed by atoms with E-state index in [2.05, 4.69) is 10.3 Å². The summed E-state index contributed by atoms with van der Waals surface area (Å²) in [6.45, 7) is 2.61. The first-order chi connectivity index (χ1) is 13.6. The Morgan fingerprint density at radius 3 is 2.86 bits per heavy atom. The predicted octanol–water partition coefficient (Wildman–Crippen LogP) is 1.68. The maximum Gasteiger partial charge on any atom is 0.341 e. The number of hydrogen-bond donors (Lipinski definition) is 1. The van der Waals surface area contributed by atoms with Crippen LogP contribution in [0.4, 0.5) is 5.00 Å². The molecule has 1 aromatic heterocycles. The number of amidine groups is 1. The number of rotatable bonds is 4. The third-order valence-electron chi connectivity index (χ3n) is 4.95. The lowest BCUT2D eigenvalue weighted by atomic mass is 10.1. The molecule has 1 aliphatic carbocycles. The highest BCUT2D eigenvalue weighted by Gasteiger charge is 2.34. The van der Waals surface area contributed by atoms with Crippen LogP contribution < -0.4 is 5.32 Å². The van der Waals surface area contributed by atoms with E-state index < -0.39 is 11.2 Å². The molecule has 28 heavy (non-hydrogen) atoms. The zero-order valence-electron chi connectivity index (χ0n) is 15.5. The van der Waals surface area contributed by atoms with Crippen LogP contribution in [-0.2, 0) is 31.9 Å². The first-order valence-corrected chi connectivity index (χ1v) is 10.9. The van der Waals surface area contributed by atoms with Crippen LogP contribution in [0, 0.1) is 0 Å². The minimum atomic E-state index is -0.536. The molecule has 1 fully saturated rings. The van der Waals surface area contributed by atoms with Crippen LogP contribution >= 0.6 is 23.1 Å². The average molecular weight is 424 g/mol. The number of methoxy groups -OCH3 is 1. The summed E-state index contributed by atoms with van der Waals surface area (Å²) in [5.74, 6) is -1.02. The van der Waals surface area contributed by atoms with Gasteiger partial charge in [0.1, 0.15) is 10.3 Å². The van der Waals surface area contributed by atoms with E-state index in [0.717, 1.165) is 29.7 Å². The Bertz CT molecular complexity index is 845. The van der Waals surface area contributed by atoms with Gasteiger partial charge in [-0.25, -0.2) is 4.79 Å². The summed E-state index contributed by atoms with van der Waals surface area (Å²) in [6.07, 6.45) is 2.76. The van der Waals surface area contributed by atoms with E-state index in [1.54, 1.807) is 0 Å². The van der Waals surface area contributed by atoms with Gasteiger partial charge < -0.3 is 19.7 Å². The molecule has 1 saturated heterocycles. The van der Waals surface area contributed by atoms with Crippen LogP contribution in [0.25, 0.3) is 0 Å². The summed E-state index contributed by atoms with van der Waals surface area (Å²) >= 11 is 2.75. The van der Waals surface area contributed by atoms with E-state index >= 15 is 0 Å². The second kappa shape index (κ2) is 8.22. The number of ether oxygens (including phenoxy) is 2. The fourth-order valence-corrected chi connectivity index (χ4v) is 5.97. The van der Waals surface area contributed by atoms with Crippen LogP contribution in [0.3, 0.4) is 0 Å². The zero-order chi connectivity index (χ0) is 19.7. The molecule has 0 radical (unpaired) electrons. The van der Waals surface area contributed by atoms with Crippen LogP contribution in [0.5, 0.6) is 0 Å². The molecule has 0 spiro atoms. The SMILES string of the molecule is COC(=O)c1c(NC(=O)CC2SC(N3CCOCC3)=NC2=O)sc2c1CCC2. The highest BCUT2D eigenvalue weighted by molar-refractivity contribution is 8.15. The normalized spacial score (nSPS) is 21.5. The van der Waals surface area contributed by atoms with Gasteiger partial charge in [-0.3, -0.25) is 9.59 Å². The van der Waals surface area contributed by atoms with Crippen molar-refractivity contribution in [2.75, 3.05) is 38.7 Å². The van der Waals surface area contributed by atoms with Crippen molar-refractivity contribution < 1.29 is 23.9 Å². The minimum absolute atomic E-state index is 0.0179. The van der Waals surface area contributed by atoms with Crippen molar-refractivity contribution in [1.29, 1.82) is 0 Å². The second-order valence-electron chi connectivity index (χ2n) is 6.74. The molecule has 1 unspecified atom stereocenters. The van der Waals surface area contributed by atoms with Crippen LogP contribution in [0.1, 0.15) is 33.6 Å². The second-order valence-corrected chi connectivity index (χ2v) is 9.02. The molecular formula is C18H21N3O5S2. The lowest BCUT2D eigenvalue weighted by Crippen LogP contribution is -2.39. The Kier molecular flexibility index (Phi) is 5.70. The number of nitrogens with one attached hydrogen (secondary N) is 1. The lowest BCUT2D eigenvalue weighted by Gasteiger charge is -2.27. The molecule has 0 aromatic carbocycles. The highest BCUT2D eigenvalue weighted by Crippen LogP contribution is 2.39. The highest BCUT2D eigenvalue weighted by atomic mass is 32.2. The zero-order valence-corrected chi connectivity index (χ0v) is 17.1. The maximum atomic E-state index is 12.6. The number of carbonyl (C=O) groups is 3.